The molecule has 0 unspecified atom stereocenters. The third-order valence-electron chi connectivity index (χ3n) is 4.62. The largest absolute Gasteiger partial charge is 0.486 e. The van der Waals surface area contributed by atoms with Gasteiger partial charge in [-0.25, -0.2) is 4.79 Å². The van der Waals surface area contributed by atoms with Gasteiger partial charge in [-0.05, 0) is 43.3 Å². The summed E-state index contributed by atoms with van der Waals surface area (Å²) in [5.41, 5.74) is 0.690. The first-order chi connectivity index (χ1) is 13.0. The van der Waals surface area contributed by atoms with Gasteiger partial charge in [0.2, 0.25) is 5.91 Å². The summed E-state index contributed by atoms with van der Waals surface area (Å²) in [5.74, 6) is 1.80. The highest BCUT2D eigenvalue weighted by molar-refractivity contribution is 5.89. The Labute approximate surface area is 158 Å². The maximum Gasteiger partial charge on any atom is 0.321 e. The number of nitrogens with zero attached hydrogens (tertiary/aromatic N) is 2. The molecule has 1 aromatic heterocycles. The summed E-state index contributed by atoms with van der Waals surface area (Å²) in [6.07, 6.45) is 2.11. The van der Waals surface area contributed by atoms with Crippen LogP contribution in [0.25, 0.3) is 0 Å². The van der Waals surface area contributed by atoms with Crippen molar-refractivity contribution in [2.45, 2.75) is 20.0 Å². The molecule has 1 aliphatic rings. The van der Waals surface area contributed by atoms with Gasteiger partial charge < -0.3 is 24.3 Å². The van der Waals surface area contributed by atoms with Gasteiger partial charge in [0.1, 0.15) is 18.1 Å². The van der Waals surface area contributed by atoms with E-state index in [9.17, 15) is 9.59 Å². The molecule has 7 nitrogen and oxygen atoms in total. The van der Waals surface area contributed by atoms with Gasteiger partial charge in [0.25, 0.3) is 0 Å². The predicted octanol–water partition coefficient (Wildman–Crippen LogP) is 3.19. The molecular formula is C20H25N3O4. The number of rotatable bonds is 7. The molecule has 2 heterocycles. The zero-order valence-electron chi connectivity index (χ0n) is 15.7. The van der Waals surface area contributed by atoms with Crippen LogP contribution in [-0.4, -0.2) is 48.4 Å². The zero-order chi connectivity index (χ0) is 19.2. The molecule has 7 heteroatoms. The molecule has 3 amide bonds. The second-order valence-electron chi connectivity index (χ2n) is 6.71. The molecule has 27 heavy (non-hydrogen) atoms. The highest BCUT2D eigenvalue weighted by Crippen LogP contribution is 2.20. The lowest BCUT2D eigenvalue weighted by Crippen LogP contribution is -2.36. The number of hydrogen-bond donors (Lipinski definition) is 1. The van der Waals surface area contributed by atoms with Crippen LogP contribution < -0.4 is 10.1 Å². The van der Waals surface area contributed by atoms with Crippen molar-refractivity contribution in [3.63, 3.8) is 0 Å². The van der Waals surface area contributed by atoms with Gasteiger partial charge in [0.05, 0.1) is 6.26 Å². The molecule has 1 aromatic carbocycles. The van der Waals surface area contributed by atoms with Crippen LogP contribution in [0, 0.1) is 5.92 Å². The molecule has 1 aliphatic heterocycles. The molecule has 0 saturated carbocycles. The van der Waals surface area contributed by atoms with Gasteiger partial charge in [0.15, 0.2) is 0 Å². The van der Waals surface area contributed by atoms with Crippen molar-refractivity contribution in [3.05, 3.63) is 48.4 Å². The van der Waals surface area contributed by atoms with Gasteiger partial charge in [-0.15, -0.1) is 0 Å². The normalized spacial score (nSPS) is 16.4. The molecule has 0 bridgehead atoms. The lowest BCUT2D eigenvalue weighted by Gasteiger charge is -2.21. The van der Waals surface area contributed by atoms with Gasteiger partial charge in [-0.3, -0.25) is 4.79 Å². The second-order valence-corrected chi connectivity index (χ2v) is 6.71. The smallest absolute Gasteiger partial charge is 0.321 e. The van der Waals surface area contributed by atoms with Crippen molar-refractivity contribution in [3.8, 4) is 5.75 Å². The van der Waals surface area contributed by atoms with Gasteiger partial charge in [-0.2, -0.15) is 0 Å². The summed E-state index contributed by atoms with van der Waals surface area (Å²) in [6, 6.07) is 10.7. The van der Waals surface area contributed by atoms with Crippen LogP contribution in [0.2, 0.25) is 0 Å². The molecule has 1 fully saturated rings. The maximum atomic E-state index is 12.4. The lowest BCUT2D eigenvalue weighted by atomic mass is 10.1. The van der Waals surface area contributed by atoms with E-state index >= 15 is 0 Å². The first-order valence-corrected chi connectivity index (χ1v) is 9.10. The molecule has 0 spiro atoms. The van der Waals surface area contributed by atoms with Crippen LogP contribution in [0.3, 0.4) is 0 Å². The number of furan rings is 1. The van der Waals surface area contributed by atoms with Crippen molar-refractivity contribution in [1.82, 2.24) is 9.80 Å². The van der Waals surface area contributed by atoms with E-state index in [1.54, 1.807) is 42.5 Å². The van der Waals surface area contributed by atoms with E-state index in [1.165, 1.54) is 0 Å². The Morgan fingerprint density at radius 3 is 2.74 bits per heavy atom. The number of ether oxygens (including phenoxy) is 1. The number of likely N-dealkylation sites (tertiary alicyclic amines) is 1. The number of nitrogens with one attached hydrogen (secondary N) is 1. The minimum absolute atomic E-state index is 0.168. The first-order valence-electron chi connectivity index (χ1n) is 9.10. The average molecular weight is 371 g/mol. The van der Waals surface area contributed by atoms with Crippen LogP contribution in [0.15, 0.2) is 47.1 Å². The molecule has 0 radical (unpaired) electrons. The Morgan fingerprint density at radius 2 is 2.11 bits per heavy atom. The SMILES string of the molecule is CCN1C[C@H](CN(C)C(=O)Nc2ccc(OCc3ccco3)cc2)CC1=O. The molecule has 0 aliphatic carbocycles. The summed E-state index contributed by atoms with van der Waals surface area (Å²) in [6.45, 7) is 4.32. The molecule has 3 rings (SSSR count). The van der Waals surface area contributed by atoms with Gasteiger partial charge in [0, 0.05) is 44.7 Å². The van der Waals surface area contributed by atoms with Crippen LogP contribution in [0.1, 0.15) is 19.1 Å². The minimum atomic E-state index is -0.193. The fourth-order valence-electron chi connectivity index (χ4n) is 3.15. The van der Waals surface area contributed by atoms with Crippen molar-refractivity contribution in [2.24, 2.45) is 5.92 Å². The van der Waals surface area contributed by atoms with E-state index in [4.69, 9.17) is 9.15 Å². The summed E-state index contributed by atoms with van der Waals surface area (Å²) < 4.78 is 10.8. The quantitative estimate of drug-likeness (QED) is 0.811. The Kier molecular flexibility index (Phi) is 6.01. The van der Waals surface area contributed by atoms with Crippen LogP contribution in [-0.2, 0) is 11.4 Å². The van der Waals surface area contributed by atoms with E-state index in [2.05, 4.69) is 5.32 Å². The minimum Gasteiger partial charge on any atom is -0.486 e. The monoisotopic (exact) mass is 371 g/mol. The fraction of sp³-hybridized carbons (Fsp3) is 0.400. The highest BCUT2D eigenvalue weighted by atomic mass is 16.5. The maximum absolute atomic E-state index is 12.4. The van der Waals surface area contributed by atoms with Gasteiger partial charge in [-0.1, -0.05) is 0 Å². The molecule has 1 saturated heterocycles. The van der Waals surface area contributed by atoms with Crippen molar-refractivity contribution < 1.29 is 18.7 Å². The Hall–Kier alpha value is -2.96. The Bertz CT molecular complexity index is 758. The Balaban J connectivity index is 1.46. The molecule has 1 atom stereocenters. The van der Waals surface area contributed by atoms with E-state index in [0.29, 0.717) is 37.6 Å². The van der Waals surface area contributed by atoms with Crippen LogP contribution >= 0.6 is 0 Å². The zero-order valence-corrected chi connectivity index (χ0v) is 15.7. The topological polar surface area (TPSA) is 75.0 Å². The highest BCUT2D eigenvalue weighted by Gasteiger charge is 2.29. The fourth-order valence-corrected chi connectivity index (χ4v) is 3.15. The van der Waals surface area contributed by atoms with Crippen molar-refractivity contribution >= 4 is 17.6 Å². The summed E-state index contributed by atoms with van der Waals surface area (Å²) in [7, 11) is 1.75. The number of benzene rings is 1. The second kappa shape index (κ2) is 8.62. The summed E-state index contributed by atoms with van der Waals surface area (Å²) in [5, 5.41) is 2.86. The molecule has 2 aromatic rings. The standard InChI is InChI=1S/C20H25N3O4/c1-3-23-13-15(11-19(23)24)12-22(2)20(25)21-16-6-8-17(9-7-16)27-14-18-5-4-10-26-18/h4-10,15H,3,11-14H2,1-2H3,(H,21,25)/t15-/m0/s1. The average Bonchev–Trinajstić information content (AvgIpc) is 3.30. The van der Waals surface area contributed by atoms with E-state index in [-0.39, 0.29) is 17.9 Å². The number of hydrogen-bond acceptors (Lipinski definition) is 4. The first kappa shape index (κ1) is 18.8. The predicted molar refractivity (Wildman–Crippen MR) is 101 cm³/mol. The number of urea groups is 1. The van der Waals surface area contributed by atoms with Crippen LogP contribution in [0.5, 0.6) is 5.75 Å². The van der Waals surface area contributed by atoms with E-state index in [0.717, 1.165) is 12.3 Å². The van der Waals surface area contributed by atoms with Crippen molar-refractivity contribution in [2.75, 3.05) is 32.0 Å². The molecule has 144 valence electrons. The molecular weight excluding hydrogens is 346 g/mol. The van der Waals surface area contributed by atoms with Crippen LogP contribution in [0.4, 0.5) is 10.5 Å². The number of amides is 3. The lowest BCUT2D eigenvalue weighted by molar-refractivity contribution is -0.127. The summed E-state index contributed by atoms with van der Waals surface area (Å²) >= 11 is 0. The number of carbonyl (C=O) groups excluding carboxylic acids is 2. The Morgan fingerprint density at radius 1 is 1.33 bits per heavy atom. The summed E-state index contributed by atoms with van der Waals surface area (Å²) in [4.78, 5) is 27.6. The number of carbonyl (C=O) groups is 2. The molecule has 1 N–H and O–H groups in total. The third-order valence-corrected chi connectivity index (χ3v) is 4.62. The van der Waals surface area contributed by atoms with E-state index < -0.39 is 0 Å². The van der Waals surface area contributed by atoms with Gasteiger partial charge >= 0.3 is 6.03 Å². The van der Waals surface area contributed by atoms with E-state index in [1.807, 2.05) is 24.0 Å². The van der Waals surface area contributed by atoms with Crippen molar-refractivity contribution in [1.29, 1.82) is 0 Å². The third kappa shape index (κ3) is 5.03. The number of anilines is 1.